The molecule has 0 saturated heterocycles. The first-order valence-electron chi connectivity index (χ1n) is 14.5. The largest absolute Gasteiger partial charge is 0.468 e. The number of furan rings is 1. The van der Waals surface area contributed by atoms with Crippen LogP contribution < -0.4 is 5.38 Å². The summed E-state index contributed by atoms with van der Waals surface area (Å²) in [6, 6.07) is 1.98. The fourth-order valence-corrected chi connectivity index (χ4v) is 14.2. The molecule has 0 aromatic carbocycles. The molecule has 0 aliphatic heterocycles. The zero-order valence-corrected chi connectivity index (χ0v) is 28.1. The average molecular weight is 549 g/mol. The lowest BCUT2D eigenvalue weighted by Crippen LogP contribution is -2.49. The number of aryl methyl sites for hydroxylation is 1. The second kappa shape index (κ2) is 12.1. The van der Waals surface area contributed by atoms with Gasteiger partial charge in [-0.3, -0.25) is 4.79 Å². The maximum absolute atomic E-state index is 13.2. The summed E-state index contributed by atoms with van der Waals surface area (Å²) in [5.41, 5.74) is 3.85. The van der Waals surface area contributed by atoms with Gasteiger partial charge in [0, 0.05) is 6.42 Å². The van der Waals surface area contributed by atoms with E-state index in [-0.39, 0.29) is 16.7 Å². The lowest BCUT2D eigenvalue weighted by molar-refractivity contribution is -0.131. The molecule has 2 rings (SSSR count). The quantitative estimate of drug-likeness (QED) is 0.235. The average Bonchev–Trinajstić information content (AvgIpc) is 3.16. The van der Waals surface area contributed by atoms with Crippen molar-refractivity contribution in [3.63, 3.8) is 0 Å². The third-order valence-electron chi connectivity index (χ3n) is 9.79. The van der Waals surface area contributed by atoms with Crippen LogP contribution in [0.25, 0.3) is 0 Å². The van der Waals surface area contributed by atoms with E-state index in [1.807, 2.05) is 6.07 Å². The first-order valence-corrected chi connectivity index (χ1v) is 19.7. The van der Waals surface area contributed by atoms with Gasteiger partial charge in [-0.15, -0.1) is 0 Å². The summed E-state index contributed by atoms with van der Waals surface area (Å²) in [4.78, 5) is 13.2. The molecule has 1 aliphatic rings. The molecule has 1 aromatic rings. The van der Waals surface area contributed by atoms with Gasteiger partial charge in [0.05, 0.1) is 17.9 Å². The molecule has 4 nitrogen and oxygen atoms in total. The SMILES string of the molecule is C/C(=C\CO[Si](C(C)C)(C(C)C)C(C)C)[C@@H]1CCCC(=O)[C@H]1C(O)c1cc(C)c([Si](C)(C)C(C)(C)C)o1. The highest BCUT2D eigenvalue weighted by atomic mass is 28.4. The van der Waals surface area contributed by atoms with E-state index in [1.54, 1.807) is 0 Å². The predicted molar refractivity (Wildman–Crippen MR) is 162 cm³/mol. The highest BCUT2D eigenvalue weighted by molar-refractivity contribution is 6.91. The molecule has 1 saturated carbocycles. The molecular weight excluding hydrogens is 493 g/mol. The molecule has 0 amide bonds. The van der Waals surface area contributed by atoms with Gasteiger partial charge in [-0.05, 0) is 65.9 Å². The number of hydrogen-bond acceptors (Lipinski definition) is 4. The van der Waals surface area contributed by atoms with Gasteiger partial charge in [-0.2, -0.15) is 0 Å². The van der Waals surface area contributed by atoms with Gasteiger partial charge < -0.3 is 13.9 Å². The summed E-state index contributed by atoms with van der Waals surface area (Å²) in [7, 11) is -3.86. The topological polar surface area (TPSA) is 59.7 Å². The van der Waals surface area contributed by atoms with Crippen LogP contribution in [0, 0.1) is 18.8 Å². The van der Waals surface area contributed by atoms with Gasteiger partial charge in [0.25, 0.3) is 0 Å². The van der Waals surface area contributed by atoms with Crippen molar-refractivity contribution in [3.05, 3.63) is 29.0 Å². The number of aliphatic hydroxyl groups excluding tert-OH is 1. The van der Waals surface area contributed by atoms with Crippen LogP contribution in [0.5, 0.6) is 0 Å². The maximum Gasteiger partial charge on any atom is 0.200 e. The molecule has 0 radical (unpaired) electrons. The molecule has 212 valence electrons. The van der Waals surface area contributed by atoms with Crippen LogP contribution in [0.1, 0.15) is 106 Å². The molecule has 1 unspecified atom stereocenters. The van der Waals surface area contributed by atoms with E-state index in [2.05, 4.69) is 95.3 Å². The number of aliphatic hydroxyl groups is 1. The van der Waals surface area contributed by atoms with Crippen LogP contribution in [0.15, 0.2) is 22.1 Å². The normalized spacial score (nSPS) is 21.4. The van der Waals surface area contributed by atoms with Gasteiger partial charge in [0.1, 0.15) is 25.7 Å². The van der Waals surface area contributed by atoms with Crippen molar-refractivity contribution in [2.75, 3.05) is 6.61 Å². The number of allylic oxidation sites excluding steroid dienone is 1. The molecule has 1 aliphatic carbocycles. The second-order valence-electron chi connectivity index (χ2n) is 14.0. The summed E-state index contributed by atoms with van der Waals surface area (Å²) in [5, 5.41) is 12.7. The molecule has 37 heavy (non-hydrogen) atoms. The van der Waals surface area contributed by atoms with E-state index >= 15 is 0 Å². The van der Waals surface area contributed by atoms with Gasteiger partial charge in [0.2, 0.25) is 8.32 Å². The van der Waals surface area contributed by atoms with Gasteiger partial charge >= 0.3 is 0 Å². The third-order valence-corrected chi connectivity index (χ3v) is 21.2. The lowest BCUT2D eigenvalue weighted by Gasteiger charge is -2.42. The zero-order chi connectivity index (χ0) is 28.5. The zero-order valence-electron chi connectivity index (χ0n) is 26.1. The number of ketones is 1. The lowest BCUT2D eigenvalue weighted by atomic mass is 9.71. The van der Waals surface area contributed by atoms with E-state index in [9.17, 15) is 9.90 Å². The molecule has 3 atom stereocenters. The standard InChI is InChI=1S/C31H56O4Si2/c1-20(2)37(21(3)4,22(5)6)34-18-17-23(7)25-15-14-16-26(32)28(25)29(33)27-19-24(8)30(35-27)36(12,13)31(9,10)11/h17,19-22,25,28-29,33H,14-16,18H2,1-13H3/b23-17+/t25-,28-,29?/m0/s1. The summed E-state index contributed by atoms with van der Waals surface area (Å²) in [5.74, 6) is 0.244. The number of carbonyl (C=O) groups is 1. The van der Waals surface area contributed by atoms with E-state index in [4.69, 9.17) is 8.84 Å². The number of rotatable bonds is 10. The van der Waals surface area contributed by atoms with Crippen LogP contribution >= 0.6 is 0 Å². The maximum atomic E-state index is 13.2. The van der Waals surface area contributed by atoms with Crippen molar-refractivity contribution in [2.45, 2.75) is 136 Å². The Bertz CT molecular complexity index is 927. The summed E-state index contributed by atoms with van der Waals surface area (Å²) in [6.07, 6.45) is 3.57. The Hall–Kier alpha value is -0.956. The van der Waals surface area contributed by atoms with Gasteiger partial charge in [-0.1, -0.05) is 87.1 Å². The van der Waals surface area contributed by atoms with Crippen molar-refractivity contribution in [1.29, 1.82) is 0 Å². The molecule has 0 spiro atoms. The van der Waals surface area contributed by atoms with Crippen molar-refractivity contribution in [3.8, 4) is 0 Å². The smallest absolute Gasteiger partial charge is 0.200 e. The second-order valence-corrected chi connectivity index (χ2v) is 24.7. The molecule has 1 aromatic heterocycles. The Morgan fingerprint density at radius 3 is 2.16 bits per heavy atom. The summed E-state index contributed by atoms with van der Waals surface area (Å²) in [6.45, 7) is 30.0. The monoisotopic (exact) mass is 548 g/mol. The fraction of sp³-hybridized carbons (Fsp3) is 0.774. The molecule has 1 fully saturated rings. The molecule has 1 heterocycles. The van der Waals surface area contributed by atoms with Crippen molar-refractivity contribution in [2.24, 2.45) is 11.8 Å². The minimum absolute atomic E-state index is 0.00907. The highest BCUT2D eigenvalue weighted by Gasteiger charge is 2.46. The summed E-state index contributed by atoms with van der Waals surface area (Å²) < 4.78 is 13.2. The van der Waals surface area contributed by atoms with Crippen molar-refractivity contribution in [1.82, 2.24) is 0 Å². The van der Waals surface area contributed by atoms with Crippen LogP contribution in [-0.4, -0.2) is 33.9 Å². The summed E-state index contributed by atoms with van der Waals surface area (Å²) >= 11 is 0. The van der Waals surface area contributed by atoms with Crippen LogP contribution in [0.2, 0.25) is 34.8 Å². The number of carbonyl (C=O) groups excluding carboxylic acids is 1. The third kappa shape index (κ3) is 6.45. The van der Waals surface area contributed by atoms with E-state index in [0.29, 0.717) is 35.4 Å². The minimum Gasteiger partial charge on any atom is -0.468 e. The van der Waals surface area contributed by atoms with Gasteiger partial charge in [0.15, 0.2) is 0 Å². The van der Waals surface area contributed by atoms with E-state index in [0.717, 1.165) is 29.4 Å². The Balaban J connectivity index is 2.34. The van der Waals surface area contributed by atoms with Crippen molar-refractivity contribution >= 4 is 27.6 Å². The Kier molecular flexibility index (Phi) is 10.5. The number of hydrogen-bond donors (Lipinski definition) is 1. The van der Waals surface area contributed by atoms with E-state index < -0.39 is 28.4 Å². The highest BCUT2D eigenvalue weighted by Crippen LogP contribution is 2.44. The molecular formula is C31H56O4Si2. The van der Waals surface area contributed by atoms with Crippen molar-refractivity contribution < 1.29 is 18.7 Å². The minimum atomic E-state index is -1.96. The first kappa shape index (κ1) is 32.3. The predicted octanol–water partition coefficient (Wildman–Crippen LogP) is 8.46. The fourth-order valence-electron chi connectivity index (χ4n) is 6.73. The van der Waals surface area contributed by atoms with Gasteiger partial charge in [-0.25, -0.2) is 0 Å². The molecule has 6 heteroatoms. The van der Waals surface area contributed by atoms with Crippen LogP contribution in [0.4, 0.5) is 0 Å². The molecule has 1 N–H and O–H groups in total. The number of Topliss-reactive ketones (excluding diaryl/α,β-unsaturated/α-hetero) is 1. The van der Waals surface area contributed by atoms with Crippen LogP contribution in [0.3, 0.4) is 0 Å². The first-order chi connectivity index (χ1) is 16.9. The Labute approximate surface area is 229 Å². The molecule has 0 bridgehead atoms. The Morgan fingerprint density at radius 1 is 1.14 bits per heavy atom. The Morgan fingerprint density at radius 2 is 1.68 bits per heavy atom. The van der Waals surface area contributed by atoms with Crippen LogP contribution in [-0.2, 0) is 9.22 Å². The van der Waals surface area contributed by atoms with E-state index in [1.165, 1.54) is 0 Å².